The molecule has 0 bridgehead atoms. The highest BCUT2D eigenvalue weighted by molar-refractivity contribution is 7.17. The van der Waals surface area contributed by atoms with Crippen molar-refractivity contribution in [2.24, 2.45) is 0 Å². The average molecular weight is 961 g/mol. The Morgan fingerprint density at radius 3 is 1.73 bits per heavy atom. The molecule has 328 valence electrons. The molecule has 2 aliphatic rings. The van der Waals surface area contributed by atoms with Crippen LogP contribution >= 0.6 is 69.9 Å². The Morgan fingerprint density at radius 1 is 0.758 bits per heavy atom. The van der Waals surface area contributed by atoms with Gasteiger partial charge in [-0.3, -0.25) is 9.59 Å². The van der Waals surface area contributed by atoms with Crippen LogP contribution in [0, 0.1) is 27.7 Å². The predicted octanol–water partition coefficient (Wildman–Crippen LogP) is 8.73. The van der Waals surface area contributed by atoms with Crippen molar-refractivity contribution in [3.8, 4) is 0 Å². The zero-order chi connectivity index (χ0) is 43.6. The van der Waals surface area contributed by atoms with Gasteiger partial charge in [-0.15, -0.1) is 12.4 Å². The standard InChI is InChI=1S/C21H22ClN5O2S.C17H14Cl2N4OS.C4H9NO.ClH/c1-12-4-3-5-16(22)15(12)8-17(29)18-10-23-21(30-18)26-19-9-20(25-13(2)24-19)27-7-6-14(28)11-27;1-9-4-3-5-12(18)11(9)6-13(24)14-8-20-17(25-14)23-16-7-15(19)21-10(2)22-16;6-4-1-2-5-3-4;/h3-5,9-10,14,28H,6-8,11H2,1-2H3,(H,23,24,25,26);3-5,7-8H,6H2,1-2H3,(H,20,21,22,23);4-6H,1-3H2;1H/t14-;;4-;/m0.0./s1. The number of halogens is 4. The third-order valence-electron chi connectivity index (χ3n) is 9.56. The number of hydrogen-bond acceptors (Lipinski definition) is 16. The zero-order valence-corrected chi connectivity index (χ0v) is 39.0. The molecule has 2 saturated heterocycles. The maximum absolute atomic E-state index is 12.7. The van der Waals surface area contributed by atoms with E-state index in [4.69, 9.17) is 39.9 Å². The molecule has 0 spiro atoms. The lowest BCUT2D eigenvalue weighted by molar-refractivity contribution is 0.0988. The largest absolute Gasteiger partial charge is 0.392 e. The van der Waals surface area contributed by atoms with Crippen LogP contribution in [-0.2, 0) is 12.8 Å². The van der Waals surface area contributed by atoms with Crippen LogP contribution in [0.5, 0.6) is 0 Å². The van der Waals surface area contributed by atoms with Crippen molar-refractivity contribution in [3.63, 3.8) is 0 Å². The molecule has 2 aliphatic heterocycles. The number of nitrogens with one attached hydrogen (secondary N) is 3. The van der Waals surface area contributed by atoms with Crippen LogP contribution in [0.3, 0.4) is 0 Å². The number of thiazole rings is 2. The van der Waals surface area contributed by atoms with Gasteiger partial charge in [0.2, 0.25) is 0 Å². The SMILES string of the molecule is Cc1nc(Cl)cc(Nc2ncc(C(=O)Cc3c(C)cccc3Cl)s2)n1.Cc1nc(Nc2ncc(C(=O)Cc3c(C)cccc3Cl)s2)cc(N2CC[C@H](O)C2)n1.Cl.O[C@H]1CCNC1. The molecule has 0 amide bonds. The molecule has 0 unspecified atom stereocenters. The minimum absolute atomic E-state index is 0. The normalized spacial score (nSPS) is 15.5. The van der Waals surface area contributed by atoms with Crippen molar-refractivity contribution in [3.05, 3.63) is 120 Å². The summed E-state index contributed by atoms with van der Waals surface area (Å²) in [4.78, 5) is 54.1. The molecule has 2 atom stereocenters. The zero-order valence-electron chi connectivity index (χ0n) is 34.3. The van der Waals surface area contributed by atoms with Gasteiger partial charge in [0.05, 0.1) is 34.4 Å². The van der Waals surface area contributed by atoms with Gasteiger partial charge in [-0.05, 0) is 81.5 Å². The molecule has 6 heterocycles. The summed E-state index contributed by atoms with van der Waals surface area (Å²) in [6.45, 7) is 10.6. The van der Waals surface area contributed by atoms with Crippen molar-refractivity contribution < 1.29 is 19.8 Å². The molecular formula is C42H46Cl4N10O4S2. The number of Topliss-reactive ketones (excluding diaryl/α,β-unsaturated/α-hetero) is 2. The molecule has 0 aliphatic carbocycles. The number of β-amino-alcohol motifs (C(OH)–C–C–N with tert-alkyl or cyclic N) is 2. The molecule has 0 radical (unpaired) electrons. The number of aromatic nitrogens is 6. The average Bonchev–Trinajstić information content (AvgIpc) is 4.05. The van der Waals surface area contributed by atoms with E-state index in [0.717, 1.165) is 60.5 Å². The van der Waals surface area contributed by atoms with Gasteiger partial charge in [-0.25, -0.2) is 29.9 Å². The van der Waals surface area contributed by atoms with Crippen molar-refractivity contribution in [2.45, 2.75) is 65.6 Å². The summed E-state index contributed by atoms with van der Waals surface area (Å²) in [5.74, 6) is 3.03. The topological polar surface area (TPSA) is 191 Å². The number of aryl methyl sites for hydroxylation is 4. The minimum Gasteiger partial charge on any atom is -0.392 e. The van der Waals surface area contributed by atoms with E-state index in [1.54, 1.807) is 37.5 Å². The number of rotatable bonds is 11. The Morgan fingerprint density at radius 2 is 1.29 bits per heavy atom. The summed E-state index contributed by atoms with van der Waals surface area (Å²) >= 11 is 20.9. The first-order chi connectivity index (χ1) is 29.2. The highest BCUT2D eigenvalue weighted by atomic mass is 35.5. The fourth-order valence-electron chi connectivity index (χ4n) is 6.38. The van der Waals surface area contributed by atoms with Gasteiger partial charge in [0.15, 0.2) is 21.8 Å². The van der Waals surface area contributed by atoms with Gasteiger partial charge < -0.3 is 31.1 Å². The van der Waals surface area contributed by atoms with Crippen LogP contribution in [0.15, 0.2) is 60.9 Å². The number of nitrogens with zero attached hydrogens (tertiary/aromatic N) is 7. The first-order valence-corrected chi connectivity index (χ1v) is 22.2. The van der Waals surface area contributed by atoms with E-state index in [0.29, 0.717) is 65.0 Å². The Hall–Kier alpha value is -4.36. The van der Waals surface area contributed by atoms with E-state index in [9.17, 15) is 14.7 Å². The highest BCUT2D eigenvalue weighted by Crippen LogP contribution is 2.29. The molecular weight excluding hydrogens is 914 g/mol. The number of carbonyl (C=O) groups excluding carboxylic acids is 2. The van der Waals surface area contributed by atoms with Crippen LogP contribution in [0.25, 0.3) is 0 Å². The van der Waals surface area contributed by atoms with E-state index in [2.05, 4.69) is 45.9 Å². The van der Waals surface area contributed by atoms with Gasteiger partial charge in [0.25, 0.3) is 0 Å². The Labute approximate surface area is 389 Å². The quantitative estimate of drug-likeness (QED) is 0.0612. The van der Waals surface area contributed by atoms with Crippen molar-refractivity contribution in [2.75, 3.05) is 41.7 Å². The maximum atomic E-state index is 12.7. The number of ketones is 2. The van der Waals surface area contributed by atoms with E-state index in [1.807, 2.05) is 56.0 Å². The monoisotopic (exact) mass is 958 g/mol. The Bertz CT molecular complexity index is 2420. The number of aliphatic hydroxyl groups excluding tert-OH is 2. The molecule has 20 heteroatoms. The lowest BCUT2D eigenvalue weighted by Crippen LogP contribution is -2.22. The van der Waals surface area contributed by atoms with E-state index >= 15 is 0 Å². The molecule has 4 aromatic heterocycles. The molecule has 2 aromatic carbocycles. The predicted molar refractivity (Wildman–Crippen MR) is 251 cm³/mol. The van der Waals surface area contributed by atoms with E-state index < -0.39 is 0 Å². The van der Waals surface area contributed by atoms with Gasteiger partial charge in [0.1, 0.15) is 34.3 Å². The Kier molecular flexibility index (Phi) is 17.9. The van der Waals surface area contributed by atoms with Crippen LogP contribution in [0.1, 0.15) is 66.1 Å². The second kappa shape index (κ2) is 22.8. The van der Waals surface area contributed by atoms with Gasteiger partial charge in [-0.1, -0.05) is 81.7 Å². The third-order valence-corrected chi connectivity index (χ3v) is 12.4. The molecule has 8 rings (SSSR count). The summed E-state index contributed by atoms with van der Waals surface area (Å²) in [7, 11) is 0. The molecule has 14 nitrogen and oxygen atoms in total. The first kappa shape index (κ1) is 48.7. The summed E-state index contributed by atoms with van der Waals surface area (Å²) in [5.41, 5.74) is 3.68. The summed E-state index contributed by atoms with van der Waals surface area (Å²) in [6.07, 6.45) is 4.88. The van der Waals surface area contributed by atoms with Crippen LogP contribution in [-0.4, -0.2) is 90.1 Å². The fourth-order valence-corrected chi connectivity index (χ4v) is 8.70. The number of aliphatic hydroxyl groups is 2. The van der Waals surface area contributed by atoms with Gasteiger partial charge in [-0.2, -0.15) is 0 Å². The summed E-state index contributed by atoms with van der Waals surface area (Å²) < 4.78 is 0. The minimum atomic E-state index is -0.328. The van der Waals surface area contributed by atoms with Crippen molar-refractivity contribution in [1.29, 1.82) is 0 Å². The van der Waals surface area contributed by atoms with Crippen molar-refractivity contribution >= 4 is 109 Å². The second-order valence-corrected chi connectivity index (χ2v) is 17.7. The van der Waals surface area contributed by atoms with Gasteiger partial charge in [0, 0.05) is 54.7 Å². The molecule has 6 aromatic rings. The van der Waals surface area contributed by atoms with Crippen LogP contribution in [0.2, 0.25) is 15.2 Å². The third kappa shape index (κ3) is 13.8. The number of hydrogen-bond donors (Lipinski definition) is 5. The van der Waals surface area contributed by atoms with Gasteiger partial charge >= 0.3 is 0 Å². The number of anilines is 5. The lowest BCUT2D eigenvalue weighted by Gasteiger charge is -2.17. The van der Waals surface area contributed by atoms with Crippen LogP contribution < -0.4 is 20.9 Å². The molecule has 2 fully saturated rings. The smallest absolute Gasteiger partial charge is 0.188 e. The van der Waals surface area contributed by atoms with Crippen LogP contribution in [0.4, 0.5) is 27.7 Å². The Balaban J connectivity index is 0.000000205. The summed E-state index contributed by atoms with van der Waals surface area (Å²) in [5, 5.41) is 30.4. The van der Waals surface area contributed by atoms with E-state index in [1.165, 1.54) is 22.7 Å². The molecule has 0 saturated carbocycles. The molecule has 5 N–H and O–H groups in total. The van der Waals surface area contributed by atoms with E-state index in [-0.39, 0.29) is 49.0 Å². The number of carbonyl (C=O) groups is 2. The molecule has 62 heavy (non-hydrogen) atoms. The second-order valence-electron chi connectivity index (χ2n) is 14.4. The number of benzene rings is 2. The fraction of sp³-hybridized carbons (Fsp3) is 0.333. The maximum Gasteiger partial charge on any atom is 0.188 e. The van der Waals surface area contributed by atoms with Crippen molar-refractivity contribution in [1.82, 2.24) is 35.2 Å². The first-order valence-electron chi connectivity index (χ1n) is 19.4. The lowest BCUT2D eigenvalue weighted by atomic mass is 10.0. The summed E-state index contributed by atoms with van der Waals surface area (Å²) in [6, 6.07) is 14.7. The highest BCUT2D eigenvalue weighted by Gasteiger charge is 2.23.